The molecule has 0 bridgehead atoms. The van der Waals surface area contributed by atoms with Gasteiger partial charge in [0.25, 0.3) is 11.8 Å². The minimum Gasteiger partial charge on any atom is -0.493 e. The third-order valence-corrected chi connectivity index (χ3v) is 7.51. The van der Waals surface area contributed by atoms with Crippen molar-refractivity contribution in [3.8, 4) is 34.4 Å². The van der Waals surface area contributed by atoms with Crippen molar-refractivity contribution >= 4 is 17.5 Å². The first-order valence-corrected chi connectivity index (χ1v) is 14.6. The average Bonchev–Trinajstić information content (AvgIpc) is 3.85. The van der Waals surface area contributed by atoms with E-state index < -0.39 is 17.9 Å². The molecule has 1 N–H and O–H groups in total. The summed E-state index contributed by atoms with van der Waals surface area (Å²) in [5, 5.41) is 15.7. The summed E-state index contributed by atoms with van der Waals surface area (Å²) in [6.45, 7) is 3.17. The molecule has 1 fully saturated rings. The summed E-state index contributed by atoms with van der Waals surface area (Å²) in [4.78, 5) is 30.7. The number of carbonyl (C=O) groups is 2. The molecule has 0 aliphatic carbocycles. The van der Waals surface area contributed by atoms with Crippen molar-refractivity contribution in [1.29, 1.82) is 0 Å². The van der Waals surface area contributed by atoms with Crippen LogP contribution in [0, 0.1) is 6.92 Å². The molecular weight excluding hydrogens is 584 g/mol. The lowest BCUT2D eigenvalue weighted by atomic mass is 10.1. The molecule has 0 radical (unpaired) electrons. The highest BCUT2D eigenvalue weighted by atomic mass is 16.6. The fourth-order valence-electron chi connectivity index (χ4n) is 5.31. The number of hydrogen-bond donors (Lipinski definition) is 1. The number of methoxy groups -OCH3 is 2. The quantitative estimate of drug-likeness (QED) is 0.264. The molecule has 14 nitrogen and oxygen atoms in total. The number of amides is 2. The van der Waals surface area contributed by atoms with E-state index in [1.165, 1.54) is 16.8 Å². The van der Waals surface area contributed by atoms with Crippen LogP contribution in [-0.4, -0.2) is 78.7 Å². The molecule has 6 rings (SSSR count). The van der Waals surface area contributed by atoms with Crippen molar-refractivity contribution in [3.05, 3.63) is 60.1 Å². The predicted octanol–water partition coefficient (Wildman–Crippen LogP) is 3.10. The van der Waals surface area contributed by atoms with Crippen molar-refractivity contribution in [1.82, 2.24) is 25.5 Å². The number of benzene rings is 2. The van der Waals surface area contributed by atoms with Crippen molar-refractivity contribution in [3.63, 3.8) is 0 Å². The Morgan fingerprint density at radius 2 is 1.84 bits per heavy atom. The maximum atomic E-state index is 14.2. The Kier molecular flexibility index (Phi) is 8.82. The highest BCUT2D eigenvalue weighted by Crippen LogP contribution is 2.38. The first-order valence-electron chi connectivity index (χ1n) is 14.6. The van der Waals surface area contributed by atoms with Crippen molar-refractivity contribution < 1.29 is 37.7 Å². The average molecular weight is 619 g/mol. The highest BCUT2D eigenvalue weighted by Gasteiger charge is 2.36. The second-order valence-electron chi connectivity index (χ2n) is 10.5. The minimum absolute atomic E-state index is 0.0965. The third kappa shape index (κ3) is 6.55. The number of anilines is 1. The molecule has 0 saturated carbocycles. The van der Waals surface area contributed by atoms with Crippen molar-refractivity contribution in [2.45, 2.75) is 38.5 Å². The van der Waals surface area contributed by atoms with E-state index in [9.17, 15) is 9.59 Å². The van der Waals surface area contributed by atoms with Gasteiger partial charge in [-0.3, -0.25) is 14.5 Å². The van der Waals surface area contributed by atoms with Gasteiger partial charge in [0, 0.05) is 30.5 Å². The Morgan fingerprint density at radius 1 is 1.02 bits per heavy atom. The smallest absolute Gasteiger partial charge is 0.251 e. The van der Waals surface area contributed by atoms with E-state index in [1.54, 1.807) is 62.6 Å². The lowest BCUT2D eigenvalue weighted by Gasteiger charge is -2.31. The summed E-state index contributed by atoms with van der Waals surface area (Å²) in [5.74, 6) is 2.29. The first kappa shape index (κ1) is 29.9. The van der Waals surface area contributed by atoms with Crippen LogP contribution in [0.3, 0.4) is 0 Å². The van der Waals surface area contributed by atoms with Gasteiger partial charge in [-0.25, -0.2) is 0 Å². The molecule has 1 saturated heterocycles. The van der Waals surface area contributed by atoms with E-state index in [1.807, 2.05) is 0 Å². The van der Waals surface area contributed by atoms with Crippen LogP contribution in [0.2, 0.25) is 0 Å². The van der Waals surface area contributed by atoms with Crippen LogP contribution >= 0.6 is 0 Å². The van der Waals surface area contributed by atoms with Crippen LogP contribution in [0.4, 0.5) is 5.69 Å². The monoisotopic (exact) mass is 618 g/mol. The number of carbonyl (C=O) groups excluding carboxylic acids is 2. The number of hydrogen-bond acceptors (Lipinski definition) is 11. The fourth-order valence-corrected chi connectivity index (χ4v) is 5.31. The van der Waals surface area contributed by atoms with E-state index in [4.69, 9.17) is 28.1 Å². The number of nitrogens with zero attached hydrogens (tertiary/aromatic N) is 5. The Morgan fingerprint density at radius 3 is 2.58 bits per heavy atom. The summed E-state index contributed by atoms with van der Waals surface area (Å²) < 4.78 is 33.8. The van der Waals surface area contributed by atoms with Gasteiger partial charge in [-0.1, -0.05) is 0 Å². The van der Waals surface area contributed by atoms with Gasteiger partial charge in [0.2, 0.25) is 5.82 Å². The van der Waals surface area contributed by atoms with E-state index in [0.29, 0.717) is 66.4 Å². The molecule has 2 atom stereocenters. The number of aryl methyl sites for hydroxylation is 1. The molecule has 2 aromatic heterocycles. The summed E-state index contributed by atoms with van der Waals surface area (Å²) >= 11 is 0. The number of fused-ring (bicyclic) bond motifs is 1. The number of nitrogens with one attached hydrogen (secondary N) is 1. The van der Waals surface area contributed by atoms with Gasteiger partial charge in [0.15, 0.2) is 29.0 Å². The summed E-state index contributed by atoms with van der Waals surface area (Å²) in [7, 11) is 3.08. The number of tetrazole rings is 1. The van der Waals surface area contributed by atoms with Gasteiger partial charge in [0.1, 0.15) is 31.3 Å². The second-order valence-corrected chi connectivity index (χ2v) is 10.5. The zero-order valence-corrected chi connectivity index (χ0v) is 25.2. The molecule has 14 heteroatoms. The molecule has 2 aromatic carbocycles. The molecule has 236 valence electrons. The molecule has 45 heavy (non-hydrogen) atoms. The first-order chi connectivity index (χ1) is 21.9. The van der Waals surface area contributed by atoms with Crippen LogP contribution in [0.5, 0.6) is 23.0 Å². The lowest BCUT2D eigenvalue weighted by molar-refractivity contribution is -0.127. The number of aromatic nitrogens is 4. The van der Waals surface area contributed by atoms with Crippen LogP contribution in [-0.2, 0) is 20.9 Å². The van der Waals surface area contributed by atoms with Gasteiger partial charge in [-0.15, -0.1) is 10.2 Å². The molecule has 2 aliphatic heterocycles. The number of furan rings is 1. The van der Waals surface area contributed by atoms with Gasteiger partial charge in [0.05, 0.1) is 20.3 Å². The second kappa shape index (κ2) is 13.3. The summed E-state index contributed by atoms with van der Waals surface area (Å²) in [6.07, 6.45) is 1.68. The molecule has 0 unspecified atom stereocenters. The maximum Gasteiger partial charge on any atom is 0.251 e. The minimum atomic E-state index is -1.16. The molecular formula is C31H34N6O8. The van der Waals surface area contributed by atoms with E-state index in [-0.39, 0.29) is 24.2 Å². The van der Waals surface area contributed by atoms with Gasteiger partial charge >= 0.3 is 0 Å². The normalized spacial score (nSPS) is 16.2. The molecule has 4 aromatic rings. The Bertz CT molecular complexity index is 1660. The van der Waals surface area contributed by atoms with Crippen LogP contribution in [0.15, 0.2) is 52.9 Å². The standard InChI is InChI=1S/C31H34N6O8/c1-19-6-9-25(45-19)29(31(39)32-17-22-5-4-12-42-22)37(21-8-11-24-27(16-21)44-14-13-43-24)28(38)18-36-34-30(33-35-36)20-7-10-23(40-2)26(15-20)41-3/h6-11,15-16,22,29H,4-5,12-14,17-18H2,1-3H3,(H,32,39)/t22-,29-/m0/s1. The largest absolute Gasteiger partial charge is 0.493 e. The maximum absolute atomic E-state index is 14.2. The Hall–Kier alpha value is -5.11. The van der Waals surface area contributed by atoms with Crippen LogP contribution < -0.4 is 29.2 Å². The van der Waals surface area contributed by atoms with Gasteiger partial charge in [-0.05, 0) is 67.4 Å². The fraction of sp³-hybridized carbons (Fsp3) is 0.387. The van der Waals surface area contributed by atoms with E-state index in [2.05, 4.69) is 20.7 Å². The highest BCUT2D eigenvalue weighted by molar-refractivity contribution is 6.01. The number of ether oxygens (including phenoxy) is 5. The molecule has 2 amide bonds. The predicted molar refractivity (Wildman–Crippen MR) is 159 cm³/mol. The van der Waals surface area contributed by atoms with Crippen molar-refractivity contribution in [2.75, 3.05) is 45.5 Å². The summed E-state index contributed by atoms with van der Waals surface area (Å²) in [6, 6.07) is 12.6. The van der Waals surface area contributed by atoms with E-state index in [0.717, 1.165) is 12.8 Å². The molecule has 0 spiro atoms. The van der Waals surface area contributed by atoms with E-state index >= 15 is 0 Å². The van der Waals surface area contributed by atoms with Gasteiger partial charge in [-0.2, -0.15) is 4.80 Å². The zero-order chi connectivity index (χ0) is 31.3. The number of rotatable bonds is 11. The Balaban J connectivity index is 1.33. The summed E-state index contributed by atoms with van der Waals surface area (Å²) in [5.41, 5.74) is 1.02. The SMILES string of the molecule is COc1ccc(-c2nnn(CC(=O)N(c3ccc4c(c3)OCCO4)[C@H](C(=O)NC[C@@H]3CCCO3)c3ccc(C)o3)n2)cc1OC. The molecule has 2 aliphatic rings. The van der Waals surface area contributed by atoms with Crippen LogP contribution in [0.25, 0.3) is 11.4 Å². The Labute approximate surface area is 259 Å². The van der Waals surface area contributed by atoms with Gasteiger partial charge < -0.3 is 33.4 Å². The molecule has 4 heterocycles. The van der Waals surface area contributed by atoms with Crippen molar-refractivity contribution in [2.24, 2.45) is 0 Å². The topological polar surface area (TPSA) is 152 Å². The lowest BCUT2D eigenvalue weighted by Crippen LogP contribution is -2.46. The third-order valence-electron chi connectivity index (χ3n) is 7.51. The zero-order valence-electron chi connectivity index (χ0n) is 25.2. The van der Waals surface area contributed by atoms with Crippen LogP contribution in [0.1, 0.15) is 30.4 Å².